The Bertz CT molecular complexity index is 543. The lowest BCUT2D eigenvalue weighted by Gasteiger charge is -2.37. The lowest BCUT2D eigenvalue weighted by molar-refractivity contribution is -0.122. The Morgan fingerprint density at radius 2 is 2.38 bits per heavy atom. The number of aryl methyl sites for hydroxylation is 1. The highest BCUT2D eigenvalue weighted by Crippen LogP contribution is 2.38. The molecule has 21 heavy (non-hydrogen) atoms. The Balaban J connectivity index is 1.65. The average Bonchev–Trinajstić information content (AvgIpc) is 3.04. The molecule has 2 aliphatic rings. The van der Waals surface area contributed by atoms with Crippen LogP contribution in [0.3, 0.4) is 0 Å². The van der Waals surface area contributed by atoms with Crippen molar-refractivity contribution in [3.05, 3.63) is 29.6 Å². The van der Waals surface area contributed by atoms with Crippen LogP contribution in [0.2, 0.25) is 0 Å². The zero-order valence-corrected chi connectivity index (χ0v) is 12.5. The van der Waals surface area contributed by atoms with Crippen LogP contribution in [0.25, 0.3) is 0 Å². The number of nitrogens with one attached hydrogen (secondary N) is 1. The molecule has 0 aliphatic heterocycles. The molecular weight excluding hydrogens is 266 g/mol. The minimum atomic E-state index is -0.219. The van der Waals surface area contributed by atoms with Gasteiger partial charge in [0.15, 0.2) is 0 Å². The highest BCUT2D eigenvalue weighted by molar-refractivity contribution is 5.79. The van der Waals surface area contributed by atoms with Crippen LogP contribution >= 0.6 is 0 Å². The van der Waals surface area contributed by atoms with Gasteiger partial charge in [-0.25, -0.2) is 0 Å². The molecule has 0 bridgehead atoms. The van der Waals surface area contributed by atoms with Crippen molar-refractivity contribution in [2.75, 3.05) is 0 Å². The number of nitrogens with zero attached hydrogens (tertiary/aromatic N) is 2. The summed E-state index contributed by atoms with van der Waals surface area (Å²) < 4.78 is 1.75. The van der Waals surface area contributed by atoms with E-state index < -0.39 is 0 Å². The van der Waals surface area contributed by atoms with Crippen LogP contribution in [0.5, 0.6) is 0 Å². The summed E-state index contributed by atoms with van der Waals surface area (Å²) in [7, 11) is 1.88. The SMILES string of the molecule is Cn1cc([C@H](NC(=O)CC2=CCCC2)C2CC(O)C2)cn1. The molecule has 0 aromatic carbocycles. The molecule has 114 valence electrons. The first-order valence-electron chi connectivity index (χ1n) is 7.75. The molecule has 1 amide bonds. The van der Waals surface area contributed by atoms with Crippen LogP contribution in [0.15, 0.2) is 24.0 Å². The van der Waals surface area contributed by atoms with Gasteiger partial charge < -0.3 is 10.4 Å². The van der Waals surface area contributed by atoms with Crippen LogP contribution < -0.4 is 5.32 Å². The number of aromatic nitrogens is 2. The van der Waals surface area contributed by atoms with Gasteiger partial charge in [-0.3, -0.25) is 9.48 Å². The second-order valence-electron chi connectivity index (χ2n) is 6.31. The van der Waals surface area contributed by atoms with Gasteiger partial charge in [0.25, 0.3) is 0 Å². The predicted octanol–water partition coefficient (Wildman–Crippen LogP) is 1.85. The van der Waals surface area contributed by atoms with E-state index in [1.165, 1.54) is 12.0 Å². The van der Waals surface area contributed by atoms with Gasteiger partial charge in [-0.1, -0.05) is 11.6 Å². The summed E-state index contributed by atoms with van der Waals surface area (Å²) in [6, 6.07) is -0.0309. The molecule has 1 aromatic rings. The lowest BCUT2D eigenvalue weighted by Crippen LogP contribution is -2.41. The van der Waals surface area contributed by atoms with Crippen LogP contribution in [0, 0.1) is 5.92 Å². The lowest BCUT2D eigenvalue weighted by atomic mass is 9.75. The Labute approximate surface area is 125 Å². The van der Waals surface area contributed by atoms with Crippen molar-refractivity contribution >= 4 is 5.91 Å². The van der Waals surface area contributed by atoms with Crippen LogP contribution in [0.4, 0.5) is 0 Å². The number of aliphatic hydroxyl groups excluding tert-OH is 1. The summed E-state index contributed by atoms with van der Waals surface area (Å²) in [6.45, 7) is 0. The molecule has 0 saturated heterocycles. The third-order valence-corrected chi connectivity index (χ3v) is 4.54. The molecule has 1 aromatic heterocycles. The maximum atomic E-state index is 12.3. The Kier molecular flexibility index (Phi) is 4.10. The average molecular weight is 289 g/mol. The molecule has 1 atom stereocenters. The molecule has 5 heteroatoms. The summed E-state index contributed by atoms with van der Waals surface area (Å²) in [5.74, 6) is 0.393. The predicted molar refractivity (Wildman–Crippen MR) is 79.4 cm³/mol. The fourth-order valence-electron chi connectivity index (χ4n) is 3.30. The summed E-state index contributed by atoms with van der Waals surface area (Å²) in [6.07, 6.45) is 11.1. The van der Waals surface area contributed by atoms with Crippen molar-refractivity contribution in [2.24, 2.45) is 13.0 Å². The minimum Gasteiger partial charge on any atom is -0.393 e. The van der Waals surface area contributed by atoms with E-state index in [-0.39, 0.29) is 18.1 Å². The van der Waals surface area contributed by atoms with Crippen molar-refractivity contribution in [1.82, 2.24) is 15.1 Å². The van der Waals surface area contributed by atoms with Gasteiger partial charge in [0.1, 0.15) is 0 Å². The first-order valence-corrected chi connectivity index (χ1v) is 7.75. The number of carbonyl (C=O) groups excluding carboxylic acids is 1. The van der Waals surface area contributed by atoms with Gasteiger partial charge >= 0.3 is 0 Å². The van der Waals surface area contributed by atoms with E-state index >= 15 is 0 Å². The Hall–Kier alpha value is -1.62. The number of aliphatic hydroxyl groups is 1. The molecule has 0 radical (unpaired) electrons. The van der Waals surface area contributed by atoms with Gasteiger partial charge in [-0.05, 0) is 38.0 Å². The normalized spacial score (nSPS) is 26.1. The van der Waals surface area contributed by atoms with E-state index in [2.05, 4.69) is 16.5 Å². The van der Waals surface area contributed by atoms with E-state index in [0.717, 1.165) is 31.2 Å². The third kappa shape index (κ3) is 3.35. The zero-order chi connectivity index (χ0) is 14.8. The van der Waals surface area contributed by atoms with Crippen LogP contribution in [0.1, 0.15) is 50.1 Å². The van der Waals surface area contributed by atoms with Gasteiger partial charge in [-0.2, -0.15) is 5.10 Å². The van der Waals surface area contributed by atoms with Crippen molar-refractivity contribution in [3.8, 4) is 0 Å². The van der Waals surface area contributed by atoms with E-state index in [1.807, 2.05) is 19.4 Å². The topological polar surface area (TPSA) is 67.2 Å². The number of allylic oxidation sites excluding steroid dienone is 1. The van der Waals surface area contributed by atoms with Gasteiger partial charge in [0.05, 0.1) is 18.3 Å². The number of carbonyl (C=O) groups is 1. The van der Waals surface area contributed by atoms with Gasteiger partial charge in [0, 0.05) is 25.2 Å². The minimum absolute atomic E-state index is 0.0309. The Morgan fingerprint density at radius 1 is 1.57 bits per heavy atom. The monoisotopic (exact) mass is 289 g/mol. The highest BCUT2D eigenvalue weighted by Gasteiger charge is 2.36. The van der Waals surface area contributed by atoms with Crippen LogP contribution in [-0.2, 0) is 11.8 Å². The van der Waals surface area contributed by atoms with Gasteiger partial charge in [-0.15, -0.1) is 0 Å². The fraction of sp³-hybridized carbons (Fsp3) is 0.625. The van der Waals surface area contributed by atoms with Crippen LogP contribution in [-0.4, -0.2) is 26.9 Å². The molecule has 0 unspecified atom stereocenters. The first-order chi connectivity index (χ1) is 10.1. The van der Waals surface area contributed by atoms with Crippen molar-refractivity contribution in [1.29, 1.82) is 0 Å². The second kappa shape index (κ2) is 6.02. The number of amides is 1. The molecule has 0 spiro atoms. The standard InChI is InChI=1S/C16H23N3O2/c1-19-10-13(9-17-19)16(12-7-14(20)8-12)18-15(21)6-11-4-2-3-5-11/h4,9-10,12,14,16,20H,2-3,5-8H2,1H3,(H,18,21)/t12?,14?,16-/m1/s1. The van der Waals surface area contributed by atoms with E-state index in [9.17, 15) is 9.90 Å². The largest absolute Gasteiger partial charge is 0.393 e. The number of hydrogen-bond acceptors (Lipinski definition) is 3. The molecule has 1 fully saturated rings. The summed E-state index contributed by atoms with van der Waals surface area (Å²) in [5, 5.41) is 16.9. The number of hydrogen-bond donors (Lipinski definition) is 2. The molecule has 1 heterocycles. The molecule has 1 saturated carbocycles. The van der Waals surface area contributed by atoms with E-state index in [4.69, 9.17) is 0 Å². The summed E-state index contributed by atoms with van der Waals surface area (Å²) >= 11 is 0. The quantitative estimate of drug-likeness (QED) is 0.813. The fourth-order valence-corrected chi connectivity index (χ4v) is 3.30. The molecule has 2 aliphatic carbocycles. The molecule has 2 N–H and O–H groups in total. The van der Waals surface area contributed by atoms with Crippen molar-refractivity contribution in [2.45, 2.75) is 50.7 Å². The number of rotatable bonds is 5. The first kappa shape index (κ1) is 14.3. The zero-order valence-electron chi connectivity index (χ0n) is 12.5. The summed E-state index contributed by atoms with van der Waals surface area (Å²) in [5.41, 5.74) is 2.29. The van der Waals surface area contributed by atoms with E-state index in [1.54, 1.807) is 4.68 Å². The maximum Gasteiger partial charge on any atom is 0.224 e. The molecule has 3 rings (SSSR count). The van der Waals surface area contributed by atoms with Crippen molar-refractivity contribution < 1.29 is 9.90 Å². The van der Waals surface area contributed by atoms with Gasteiger partial charge in [0.2, 0.25) is 5.91 Å². The highest BCUT2D eigenvalue weighted by atomic mass is 16.3. The molecular formula is C16H23N3O2. The summed E-state index contributed by atoms with van der Waals surface area (Å²) in [4.78, 5) is 12.3. The maximum absolute atomic E-state index is 12.3. The smallest absolute Gasteiger partial charge is 0.224 e. The van der Waals surface area contributed by atoms with E-state index in [0.29, 0.717) is 12.3 Å². The Morgan fingerprint density at radius 3 is 2.95 bits per heavy atom. The molecule has 5 nitrogen and oxygen atoms in total. The van der Waals surface area contributed by atoms with Crippen molar-refractivity contribution in [3.63, 3.8) is 0 Å². The second-order valence-corrected chi connectivity index (χ2v) is 6.31. The third-order valence-electron chi connectivity index (χ3n) is 4.54.